The van der Waals surface area contributed by atoms with Crippen LogP contribution in [-0.4, -0.2) is 25.4 Å². The van der Waals surface area contributed by atoms with Crippen LogP contribution in [0.4, 0.5) is 0 Å². The average molecular weight is 209 g/mol. The fraction of sp³-hybridized carbons (Fsp3) is 0.636. The van der Waals surface area contributed by atoms with Gasteiger partial charge in [0.05, 0.1) is 19.2 Å². The second-order valence-electron chi connectivity index (χ2n) is 4.17. The lowest BCUT2D eigenvalue weighted by Gasteiger charge is -2.23. The summed E-state index contributed by atoms with van der Waals surface area (Å²) < 4.78 is 0. The van der Waals surface area contributed by atoms with Gasteiger partial charge < -0.3 is 10.6 Å². The highest BCUT2D eigenvalue weighted by Gasteiger charge is 2.27. The van der Waals surface area contributed by atoms with Crippen LogP contribution in [0.15, 0.2) is 12.3 Å². The molecule has 1 heterocycles. The van der Waals surface area contributed by atoms with Crippen LogP contribution in [0.1, 0.15) is 19.3 Å². The molecule has 1 aliphatic rings. The molecule has 0 amide bonds. The molecule has 82 valence electrons. The first-order valence-corrected chi connectivity index (χ1v) is 5.42. The summed E-state index contributed by atoms with van der Waals surface area (Å²) in [7, 11) is 0. The highest BCUT2D eigenvalue weighted by atomic mass is 16.1. The molecule has 0 spiro atoms. The number of piperidine rings is 1. The predicted octanol–water partition coefficient (Wildman–Crippen LogP) is -1.48. The molecule has 0 aromatic heterocycles. The monoisotopic (exact) mass is 209 g/mol. The Balaban J connectivity index is 2.46. The molecule has 4 nitrogen and oxygen atoms in total. The molecule has 1 atom stereocenters. The summed E-state index contributed by atoms with van der Waals surface area (Å²) in [6, 6.07) is 1.97. The van der Waals surface area contributed by atoms with Crippen LogP contribution < -0.4 is 10.6 Å². The number of nitrogens with zero attached hydrogens (tertiary/aromatic N) is 1. The van der Waals surface area contributed by atoms with Crippen LogP contribution in [0.3, 0.4) is 0 Å². The number of nitrogens with one attached hydrogen (secondary N) is 1. The van der Waals surface area contributed by atoms with E-state index >= 15 is 0 Å². The van der Waals surface area contributed by atoms with Crippen molar-refractivity contribution in [3.8, 4) is 6.07 Å². The second kappa shape index (κ2) is 5.64. The molecule has 1 saturated heterocycles. The first-order chi connectivity index (χ1) is 7.15. The molecule has 0 radical (unpaired) electrons. The maximum absolute atomic E-state index is 11.7. The lowest BCUT2D eigenvalue weighted by atomic mass is 10.0. The molecule has 1 fully saturated rings. The Bertz CT molecular complexity index is 287. The summed E-state index contributed by atoms with van der Waals surface area (Å²) in [6.45, 7) is 6.13. The molecule has 4 heteroatoms. The van der Waals surface area contributed by atoms with E-state index in [2.05, 4.69) is 12.3 Å². The van der Waals surface area contributed by atoms with Gasteiger partial charge in [-0.15, -0.1) is 0 Å². The maximum Gasteiger partial charge on any atom is 0.213 e. The quantitative estimate of drug-likeness (QED) is 0.592. The number of carbonyl (C=O) groups excluding carboxylic acids is 1. The number of ketones is 1. The standard InChI is InChI=1S/C11H17N3O/c1-9(13)10(7-12)11(15)8-14-5-3-2-4-6-14/h10H,1-6,8,13H2/p+2/t10-/m0/s1. The molecule has 0 aromatic carbocycles. The Hall–Kier alpha value is -1.18. The molecule has 0 saturated carbocycles. The van der Waals surface area contributed by atoms with Gasteiger partial charge in [0, 0.05) is 0 Å². The van der Waals surface area contributed by atoms with E-state index < -0.39 is 5.92 Å². The lowest BCUT2D eigenvalue weighted by molar-refractivity contribution is -0.896. The Morgan fingerprint density at radius 2 is 2.07 bits per heavy atom. The van der Waals surface area contributed by atoms with Gasteiger partial charge in [0.25, 0.3) is 0 Å². The molecular weight excluding hydrogens is 190 g/mol. The van der Waals surface area contributed by atoms with E-state index in [4.69, 9.17) is 5.26 Å². The van der Waals surface area contributed by atoms with Crippen molar-refractivity contribution in [2.45, 2.75) is 19.3 Å². The number of hydrogen-bond donors (Lipinski definition) is 2. The fourth-order valence-electron chi connectivity index (χ4n) is 1.97. The Morgan fingerprint density at radius 1 is 1.47 bits per heavy atom. The zero-order chi connectivity index (χ0) is 11.3. The lowest BCUT2D eigenvalue weighted by Crippen LogP contribution is -3.13. The number of quaternary nitrogens is 2. The van der Waals surface area contributed by atoms with Gasteiger partial charge in [-0.05, 0) is 25.8 Å². The molecule has 0 aliphatic carbocycles. The van der Waals surface area contributed by atoms with Gasteiger partial charge in [0.1, 0.15) is 12.2 Å². The third kappa shape index (κ3) is 3.46. The van der Waals surface area contributed by atoms with Crippen LogP contribution in [0.25, 0.3) is 0 Å². The average Bonchev–Trinajstić information content (AvgIpc) is 2.19. The maximum atomic E-state index is 11.7. The highest BCUT2D eigenvalue weighted by Crippen LogP contribution is 2.01. The number of nitriles is 1. The third-order valence-corrected chi connectivity index (χ3v) is 2.84. The largest absolute Gasteiger partial charge is 0.329 e. The van der Waals surface area contributed by atoms with Crippen molar-refractivity contribution in [2.75, 3.05) is 19.6 Å². The van der Waals surface area contributed by atoms with Gasteiger partial charge in [0.15, 0.2) is 5.92 Å². The Kier molecular flexibility index (Phi) is 4.47. The second-order valence-corrected chi connectivity index (χ2v) is 4.17. The van der Waals surface area contributed by atoms with E-state index in [0.717, 1.165) is 13.1 Å². The minimum absolute atomic E-state index is 0.0330. The number of allylic oxidation sites excluding steroid dienone is 1. The van der Waals surface area contributed by atoms with E-state index in [9.17, 15) is 4.79 Å². The zero-order valence-electron chi connectivity index (χ0n) is 9.09. The topological polar surface area (TPSA) is 72.9 Å². The normalized spacial score (nSPS) is 19.2. The SMILES string of the molecule is C=C([NH3+])[C@H](C#N)C(=O)C[NH+]1CCCCC1. The van der Waals surface area contributed by atoms with E-state index in [1.54, 1.807) is 0 Å². The minimum atomic E-state index is -0.709. The summed E-state index contributed by atoms with van der Waals surface area (Å²) in [5.41, 5.74) is 3.99. The molecule has 0 bridgehead atoms. The van der Waals surface area contributed by atoms with Crippen LogP contribution in [-0.2, 0) is 4.79 Å². The van der Waals surface area contributed by atoms with Crippen molar-refractivity contribution in [3.05, 3.63) is 12.3 Å². The van der Waals surface area contributed by atoms with Gasteiger partial charge in [0.2, 0.25) is 5.78 Å². The number of rotatable bonds is 4. The van der Waals surface area contributed by atoms with Gasteiger partial charge in [-0.3, -0.25) is 4.79 Å². The van der Waals surface area contributed by atoms with Crippen molar-refractivity contribution >= 4 is 5.78 Å². The summed E-state index contributed by atoms with van der Waals surface area (Å²) in [5, 5.41) is 8.82. The van der Waals surface area contributed by atoms with E-state index in [0.29, 0.717) is 12.2 Å². The molecule has 4 N–H and O–H groups in total. The number of Topliss-reactive ketones (excluding diaryl/α,β-unsaturated/α-hetero) is 1. The summed E-state index contributed by atoms with van der Waals surface area (Å²) in [5.74, 6) is -0.742. The van der Waals surface area contributed by atoms with Crippen LogP contribution in [0.5, 0.6) is 0 Å². The van der Waals surface area contributed by atoms with Crippen molar-refractivity contribution in [3.63, 3.8) is 0 Å². The minimum Gasteiger partial charge on any atom is -0.329 e. The van der Waals surface area contributed by atoms with Gasteiger partial charge >= 0.3 is 0 Å². The van der Waals surface area contributed by atoms with Crippen molar-refractivity contribution in [1.29, 1.82) is 5.26 Å². The molecular formula is C11H19N3O+2. The number of hydrogen-bond acceptors (Lipinski definition) is 2. The van der Waals surface area contributed by atoms with Gasteiger partial charge in [-0.2, -0.15) is 5.26 Å². The number of likely N-dealkylation sites (tertiary alicyclic amines) is 1. The van der Waals surface area contributed by atoms with Gasteiger partial charge in [-0.1, -0.05) is 0 Å². The van der Waals surface area contributed by atoms with E-state index in [1.165, 1.54) is 24.2 Å². The van der Waals surface area contributed by atoms with Crippen molar-refractivity contribution in [2.24, 2.45) is 5.92 Å². The highest BCUT2D eigenvalue weighted by molar-refractivity contribution is 5.86. The van der Waals surface area contributed by atoms with E-state index in [-0.39, 0.29) is 5.78 Å². The molecule has 15 heavy (non-hydrogen) atoms. The molecule has 1 rings (SSSR count). The third-order valence-electron chi connectivity index (χ3n) is 2.84. The van der Waals surface area contributed by atoms with E-state index in [1.807, 2.05) is 6.07 Å². The van der Waals surface area contributed by atoms with Crippen LogP contribution in [0.2, 0.25) is 0 Å². The van der Waals surface area contributed by atoms with Crippen LogP contribution in [0, 0.1) is 17.2 Å². The fourth-order valence-corrected chi connectivity index (χ4v) is 1.97. The Labute approximate surface area is 90.3 Å². The van der Waals surface area contributed by atoms with Crippen molar-refractivity contribution in [1.82, 2.24) is 0 Å². The molecule has 1 aliphatic heterocycles. The summed E-state index contributed by atoms with van der Waals surface area (Å²) >= 11 is 0. The first-order valence-electron chi connectivity index (χ1n) is 5.42. The molecule has 0 aromatic rings. The summed E-state index contributed by atoms with van der Waals surface area (Å²) in [4.78, 5) is 13.0. The Morgan fingerprint density at radius 3 is 2.53 bits per heavy atom. The van der Waals surface area contributed by atoms with Gasteiger partial charge in [-0.25, -0.2) is 0 Å². The smallest absolute Gasteiger partial charge is 0.213 e. The van der Waals surface area contributed by atoms with Crippen LogP contribution >= 0.6 is 0 Å². The van der Waals surface area contributed by atoms with Crippen molar-refractivity contribution < 1.29 is 15.4 Å². The molecule has 0 unspecified atom stereocenters. The predicted molar refractivity (Wildman–Crippen MR) is 55.6 cm³/mol. The first kappa shape index (κ1) is 11.9. The zero-order valence-corrected chi connectivity index (χ0v) is 9.09. The number of carbonyl (C=O) groups is 1. The summed E-state index contributed by atoms with van der Waals surface area (Å²) in [6.07, 6.45) is 3.64.